The molecule has 4 heteroatoms. The second-order valence-electron chi connectivity index (χ2n) is 4.53. The fourth-order valence-electron chi connectivity index (χ4n) is 2.25. The zero-order valence-electron chi connectivity index (χ0n) is 11.8. The number of aliphatic carboxylic acids is 1. The van der Waals surface area contributed by atoms with Crippen molar-refractivity contribution in [3.63, 3.8) is 0 Å². The van der Waals surface area contributed by atoms with Crippen molar-refractivity contribution in [3.05, 3.63) is 53.4 Å². The molecule has 2 aromatic rings. The molecule has 2 rings (SSSR count). The molecule has 0 aliphatic heterocycles. The van der Waals surface area contributed by atoms with E-state index in [0.29, 0.717) is 0 Å². The molecule has 0 spiro atoms. The second kappa shape index (κ2) is 6.01. The number of aryl methyl sites for hydroxylation is 1. The molecular formula is C16H17NO2S. The predicted octanol–water partition coefficient (Wildman–Crippen LogP) is 3.91. The van der Waals surface area contributed by atoms with Gasteiger partial charge in [-0.15, -0.1) is 11.8 Å². The molecule has 1 aromatic heterocycles. The van der Waals surface area contributed by atoms with Gasteiger partial charge in [-0.2, -0.15) is 0 Å². The smallest absolute Gasteiger partial charge is 0.328 e. The summed E-state index contributed by atoms with van der Waals surface area (Å²) < 4.78 is 2.13. The molecule has 0 unspecified atom stereocenters. The van der Waals surface area contributed by atoms with Crippen LogP contribution in [0, 0.1) is 13.8 Å². The standard InChI is InChI=1S/C16H17NO2S/c1-11-10-13(4-9-16(18)19)12(2)17(11)14-5-7-15(20-3)8-6-14/h4-10H,1-3H3,(H,18,19). The van der Waals surface area contributed by atoms with E-state index in [4.69, 9.17) is 5.11 Å². The molecule has 0 saturated heterocycles. The molecule has 0 aliphatic carbocycles. The number of thioether (sulfide) groups is 1. The van der Waals surface area contributed by atoms with Crippen LogP contribution in [0.15, 0.2) is 41.3 Å². The topological polar surface area (TPSA) is 42.2 Å². The Balaban J connectivity index is 2.43. The first-order chi connectivity index (χ1) is 9.52. The van der Waals surface area contributed by atoms with Crippen LogP contribution in [0.3, 0.4) is 0 Å². The zero-order chi connectivity index (χ0) is 14.7. The van der Waals surface area contributed by atoms with Crippen molar-refractivity contribution >= 4 is 23.8 Å². The van der Waals surface area contributed by atoms with Crippen LogP contribution in [0.2, 0.25) is 0 Å². The van der Waals surface area contributed by atoms with Crippen LogP contribution >= 0.6 is 11.8 Å². The Kier molecular flexibility index (Phi) is 4.35. The maximum absolute atomic E-state index is 10.6. The second-order valence-corrected chi connectivity index (χ2v) is 5.41. The molecule has 0 saturated carbocycles. The number of carbonyl (C=O) groups is 1. The predicted molar refractivity (Wildman–Crippen MR) is 83.7 cm³/mol. The Morgan fingerprint density at radius 2 is 1.90 bits per heavy atom. The van der Waals surface area contributed by atoms with Gasteiger partial charge in [0, 0.05) is 28.0 Å². The van der Waals surface area contributed by atoms with Gasteiger partial charge in [0.2, 0.25) is 0 Å². The van der Waals surface area contributed by atoms with Crippen molar-refractivity contribution in [2.24, 2.45) is 0 Å². The van der Waals surface area contributed by atoms with E-state index in [-0.39, 0.29) is 0 Å². The number of rotatable bonds is 4. The summed E-state index contributed by atoms with van der Waals surface area (Å²) in [7, 11) is 0. The molecule has 0 amide bonds. The third-order valence-corrected chi connectivity index (χ3v) is 3.95. The normalized spacial score (nSPS) is 11.2. The summed E-state index contributed by atoms with van der Waals surface area (Å²) >= 11 is 1.71. The lowest BCUT2D eigenvalue weighted by molar-refractivity contribution is -0.131. The van der Waals surface area contributed by atoms with Gasteiger partial charge in [0.15, 0.2) is 0 Å². The molecule has 0 aliphatic rings. The number of carboxylic acids is 1. The summed E-state index contributed by atoms with van der Waals surface area (Å²) in [6.07, 6.45) is 4.86. The van der Waals surface area contributed by atoms with Crippen LogP contribution in [0.5, 0.6) is 0 Å². The lowest BCUT2D eigenvalue weighted by atomic mass is 10.2. The van der Waals surface area contributed by atoms with Crippen molar-refractivity contribution in [2.45, 2.75) is 18.7 Å². The van der Waals surface area contributed by atoms with E-state index in [2.05, 4.69) is 35.1 Å². The lowest BCUT2D eigenvalue weighted by Crippen LogP contribution is -1.98. The summed E-state index contributed by atoms with van der Waals surface area (Å²) in [5.41, 5.74) is 4.15. The number of aromatic nitrogens is 1. The van der Waals surface area contributed by atoms with Crippen LogP contribution in [-0.2, 0) is 4.79 Å². The zero-order valence-corrected chi connectivity index (χ0v) is 12.6. The summed E-state index contributed by atoms with van der Waals surface area (Å²) in [5.74, 6) is -0.931. The van der Waals surface area contributed by atoms with Gasteiger partial charge in [0.1, 0.15) is 0 Å². The number of benzene rings is 1. The molecule has 0 atom stereocenters. The largest absolute Gasteiger partial charge is 0.478 e. The number of carboxylic acid groups (broad SMARTS) is 1. The molecule has 0 radical (unpaired) electrons. The van der Waals surface area contributed by atoms with Crippen molar-refractivity contribution in [1.29, 1.82) is 0 Å². The summed E-state index contributed by atoms with van der Waals surface area (Å²) in [5, 5.41) is 8.72. The van der Waals surface area contributed by atoms with Crippen LogP contribution in [0.4, 0.5) is 0 Å². The van der Waals surface area contributed by atoms with E-state index in [1.807, 2.05) is 19.9 Å². The van der Waals surface area contributed by atoms with Crippen LogP contribution in [0.1, 0.15) is 17.0 Å². The number of hydrogen-bond donors (Lipinski definition) is 1. The maximum Gasteiger partial charge on any atom is 0.328 e. The Bertz CT molecular complexity index is 654. The first-order valence-corrected chi connectivity index (χ1v) is 7.50. The third-order valence-electron chi connectivity index (χ3n) is 3.21. The Morgan fingerprint density at radius 3 is 2.45 bits per heavy atom. The van der Waals surface area contributed by atoms with Gasteiger partial charge < -0.3 is 9.67 Å². The molecule has 0 fully saturated rings. The highest BCUT2D eigenvalue weighted by atomic mass is 32.2. The highest BCUT2D eigenvalue weighted by Crippen LogP contribution is 2.23. The van der Waals surface area contributed by atoms with Gasteiger partial charge in [-0.25, -0.2) is 4.79 Å². The molecule has 3 nitrogen and oxygen atoms in total. The van der Waals surface area contributed by atoms with Crippen molar-refractivity contribution in [2.75, 3.05) is 6.26 Å². The Morgan fingerprint density at radius 1 is 1.25 bits per heavy atom. The van der Waals surface area contributed by atoms with Crippen molar-refractivity contribution < 1.29 is 9.90 Å². The molecule has 1 heterocycles. The minimum absolute atomic E-state index is 0.929. The van der Waals surface area contributed by atoms with Crippen LogP contribution in [-0.4, -0.2) is 21.9 Å². The molecule has 1 N–H and O–H groups in total. The van der Waals surface area contributed by atoms with Crippen molar-refractivity contribution in [3.8, 4) is 5.69 Å². The quantitative estimate of drug-likeness (QED) is 0.684. The Hall–Kier alpha value is -1.94. The van der Waals surface area contributed by atoms with Gasteiger partial charge in [-0.05, 0) is 62.1 Å². The monoisotopic (exact) mass is 287 g/mol. The fraction of sp³-hybridized carbons (Fsp3) is 0.188. The van der Waals surface area contributed by atoms with Crippen LogP contribution in [0.25, 0.3) is 11.8 Å². The average molecular weight is 287 g/mol. The lowest BCUT2D eigenvalue weighted by Gasteiger charge is -2.10. The van der Waals surface area contributed by atoms with Gasteiger partial charge in [0.05, 0.1) is 0 Å². The Labute approximate surface area is 122 Å². The first-order valence-electron chi connectivity index (χ1n) is 6.27. The van der Waals surface area contributed by atoms with E-state index in [1.165, 1.54) is 11.0 Å². The summed E-state index contributed by atoms with van der Waals surface area (Å²) in [4.78, 5) is 11.8. The number of hydrogen-bond acceptors (Lipinski definition) is 2. The van der Waals surface area contributed by atoms with E-state index in [0.717, 1.165) is 22.6 Å². The number of nitrogens with zero attached hydrogens (tertiary/aromatic N) is 1. The minimum Gasteiger partial charge on any atom is -0.478 e. The summed E-state index contributed by atoms with van der Waals surface area (Å²) in [6, 6.07) is 10.3. The SMILES string of the molecule is CSc1ccc(-n2c(C)cc(C=CC(=O)O)c2C)cc1. The first kappa shape index (κ1) is 14.5. The van der Waals surface area contributed by atoms with Crippen molar-refractivity contribution in [1.82, 2.24) is 4.57 Å². The molecule has 104 valence electrons. The van der Waals surface area contributed by atoms with E-state index in [1.54, 1.807) is 17.8 Å². The van der Waals surface area contributed by atoms with Crippen LogP contribution < -0.4 is 0 Å². The highest BCUT2D eigenvalue weighted by Gasteiger charge is 2.09. The molecular weight excluding hydrogens is 270 g/mol. The van der Waals surface area contributed by atoms with Gasteiger partial charge in [-0.1, -0.05) is 0 Å². The van der Waals surface area contributed by atoms with Gasteiger partial charge in [-0.3, -0.25) is 0 Å². The minimum atomic E-state index is -0.931. The molecule has 0 bridgehead atoms. The van der Waals surface area contributed by atoms with E-state index < -0.39 is 5.97 Å². The van der Waals surface area contributed by atoms with Gasteiger partial charge >= 0.3 is 5.97 Å². The van der Waals surface area contributed by atoms with E-state index in [9.17, 15) is 4.79 Å². The maximum atomic E-state index is 10.6. The van der Waals surface area contributed by atoms with E-state index >= 15 is 0 Å². The average Bonchev–Trinajstić information content (AvgIpc) is 2.71. The third kappa shape index (κ3) is 2.96. The molecule has 20 heavy (non-hydrogen) atoms. The molecule has 1 aromatic carbocycles. The summed E-state index contributed by atoms with van der Waals surface area (Å²) in [6.45, 7) is 4.02. The highest BCUT2D eigenvalue weighted by molar-refractivity contribution is 7.98. The van der Waals surface area contributed by atoms with Gasteiger partial charge in [0.25, 0.3) is 0 Å². The fourth-order valence-corrected chi connectivity index (χ4v) is 2.65.